The maximum Gasteiger partial charge on any atom is 0.255 e. The van der Waals surface area contributed by atoms with E-state index in [9.17, 15) is 14.0 Å². The van der Waals surface area contributed by atoms with Crippen LogP contribution in [0, 0.1) is 11.7 Å². The molecular formula is C20H21FN2O3. The summed E-state index contributed by atoms with van der Waals surface area (Å²) in [6.45, 7) is 3.23. The zero-order valence-electron chi connectivity index (χ0n) is 14.6. The first kappa shape index (κ1) is 17.9. The predicted octanol–water partition coefficient (Wildman–Crippen LogP) is 3.01. The number of para-hydroxylation sites is 1. The van der Waals surface area contributed by atoms with Crippen LogP contribution in [0.4, 0.5) is 10.1 Å². The Morgan fingerprint density at radius 1 is 1.23 bits per heavy atom. The van der Waals surface area contributed by atoms with Crippen molar-refractivity contribution >= 4 is 17.5 Å². The van der Waals surface area contributed by atoms with Crippen LogP contribution in [-0.2, 0) is 4.79 Å². The maximum atomic E-state index is 13.0. The van der Waals surface area contributed by atoms with Gasteiger partial charge in [-0.3, -0.25) is 9.59 Å². The Balaban J connectivity index is 1.60. The van der Waals surface area contributed by atoms with E-state index in [1.54, 1.807) is 35.2 Å². The van der Waals surface area contributed by atoms with Crippen LogP contribution >= 0.6 is 0 Å². The molecule has 1 aliphatic heterocycles. The first-order valence-corrected chi connectivity index (χ1v) is 8.64. The SMILES string of the molecule is CCOc1ccccc1C(=O)NCC1CC(=O)N(c2ccc(F)cc2)C1. The number of anilines is 1. The van der Waals surface area contributed by atoms with Gasteiger partial charge in [0.1, 0.15) is 11.6 Å². The standard InChI is InChI=1S/C20H21FN2O3/c1-2-26-18-6-4-3-5-17(18)20(25)22-12-14-11-19(24)23(13-14)16-9-7-15(21)8-10-16/h3-10,14H,2,11-13H2,1H3,(H,22,25). The Morgan fingerprint density at radius 2 is 1.96 bits per heavy atom. The summed E-state index contributed by atoms with van der Waals surface area (Å²) in [5.41, 5.74) is 1.15. The fraction of sp³-hybridized carbons (Fsp3) is 0.300. The highest BCUT2D eigenvalue weighted by Crippen LogP contribution is 2.25. The van der Waals surface area contributed by atoms with Crippen molar-refractivity contribution in [2.75, 3.05) is 24.6 Å². The molecule has 2 amide bonds. The molecule has 2 aromatic rings. The molecule has 26 heavy (non-hydrogen) atoms. The summed E-state index contributed by atoms with van der Waals surface area (Å²) < 4.78 is 18.5. The van der Waals surface area contributed by atoms with E-state index in [1.165, 1.54) is 12.1 Å². The number of nitrogens with one attached hydrogen (secondary N) is 1. The summed E-state index contributed by atoms with van der Waals surface area (Å²) in [5.74, 6) is -0.0248. The van der Waals surface area contributed by atoms with Gasteiger partial charge in [0.25, 0.3) is 5.91 Å². The molecular weight excluding hydrogens is 335 g/mol. The predicted molar refractivity (Wildman–Crippen MR) is 96.8 cm³/mol. The van der Waals surface area contributed by atoms with Gasteiger partial charge in [0, 0.05) is 31.1 Å². The number of hydrogen-bond acceptors (Lipinski definition) is 3. The summed E-state index contributed by atoms with van der Waals surface area (Å²) >= 11 is 0. The van der Waals surface area contributed by atoms with Gasteiger partial charge in [-0.1, -0.05) is 12.1 Å². The summed E-state index contributed by atoms with van der Waals surface area (Å²) in [5, 5.41) is 2.88. The zero-order chi connectivity index (χ0) is 18.5. The van der Waals surface area contributed by atoms with Gasteiger partial charge >= 0.3 is 0 Å². The van der Waals surface area contributed by atoms with E-state index in [4.69, 9.17) is 4.74 Å². The molecule has 0 aliphatic carbocycles. The topological polar surface area (TPSA) is 58.6 Å². The Hall–Kier alpha value is -2.89. The highest BCUT2D eigenvalue weighted by Gasteiger charge is 2.31. The number of carbonyl (C=O) groups is 2. The van der Waals surface area contributed by atoms with Crippen molar-refractivity contribution in [2.45, 2.75) is 13.3 Å². The number of rotatable bonds is 6. The molecule has 1 atom stereocenters. The molecule has 1 aliphatic rings. The zero-order valence-corrected chi connectivity index (χ0v) is 14.6. The van der Waals surface area contributed by atoms with Crippen LogP contribution < -0.4 is 15.0 Å². The molecule has 1 N–H and O–H groups in total. The lowest BCUT2D eigenvalue weighted by Gasteiger charge is -2.17. The molecule has 6 heteroatoms. The normalized spacial score (nSPS) is 16.6. The molecule has 0 radical (unpaired) electrons. The number of hydrogen-bond donors (Lipinski definition) is 1. The van der Waals surface area contributed by atoms with Crippen LogP contribution in [0.2, 0.25) is 0 Å². The molecule has 0 saturated carbocycles. The van der Waals surface area contributed by atoms with E-state index >= 15 is 0 Å². The minimum absolute atomic E-state index is 0.00996. The Kier molecular flexibility index (Phi) is 5.51. The van der Waals surface area contributed by atoms with Crippen LogP contribution in [-0.4, -0.2) is 31.5 Å². The van der Waals surface area contributed by atoms with Gasteiger partial charge in [-0.15, -0.1) is 0 Å². The quantitative estimate of drug-likeness (QED) is 0.866. The molecule has 0 aromatic heterocycles. The number of nitrogens with zero attached hydrogens (tertiary/aromatic N) is 1. The second-order valence-electron chi connectivity index (χ2n) is 6.19. The van der Waals surface area contributed by atoms with E-state index in [0.29, 0.717) is 43.1 Å². The lowest BCUT2D eigenvalue weighted by Crippen LogP contribution is -2.31. The average Bonchev–Trinajstić information content (AvgIpc) is 3.02. The van der Waals surface area contributed by atoms with Crippen LogP contribution in [0.1, 0.15) is 23.7 Å². The van der Waals surface area contributed by atoms with Crippen molar-refractivity contribution in [3.63, 3.8) is 0 Å². The summed E-state index contributed by atoms with van der Waals surface area (Å²) in [6, 6.07) is 12.9. The number of ether oxygens (including phenoxy) is 1. The van der Waals surface area contributed by atoms with E-state index < -0.39 is 0 Å². The van der Waals surface area contributed by atoms with E-state index in [1.807, 2.05) is 13.0 Å². The Labute approximate surface area is 151 Å². The largest absolute Gasteiger partial charge is 0.493 e. The summed E-state index contributed by atoms with van der Waals surface area (Å²) in [7, 11) is 0. The third kappa shape index (κ3) is 4.02. The van der Waals surface area contributed by atoms with Gasteiger partial charge in [-0.2, -0.15) is 0 Å². The Morgan fingerprint density at radius 3 is 2.69 bits per heavy atom. The second-order valence-corrected chi connectivity index (χ2v) is 6.19. The molecule has 0 spiro atoms. The van der Waals surface area contributed by atoms with Gasteiger partial charge in [0.2, 0.25) is 5.91 Å². The number of halogens is 1. The van der Waals surface area contributed by atoms with E-state index in [2.05, 4.69) is 5.32 Å². The van der Waals surface area contributed by atoms with Gasteiger partial charge in [-0.05, 0) is 43.3 Å². The van der Waals surface area contributed by atoms with Crippen molar-refractivity contribution in [2.24, 2.45) is 5.92 Å². The minimum Gasteiger partial charge on any atom is -0.493 e. The van der Waals surface area contributed by atoms with Gasteiger partial charge < -0.3 is 15.0 Å². The number of amides is 2. The lowest BCUT2D eigenvalue weighted by molar-refractivity contribution is -0.117. The molecule has 1 unspecified atom stereocenters. The molecule has 0 bridgehead atoms. The highest BCUT2D eigenvalue weighted by atomic mass is 19.1. The fourth-order valence-corrected chi connectivity index (χ4v) is 3.06. The number of carbonyl (C=O) groups excluding carboxylic acids is 2. The summed E-state index contributed by atoms with van der Waals surface area (Å²) in [6.07, 6.45) is 0.352. The molecule has 5 nitrogen and oxygen atoms in total. The molecule has 136 valence electrons. The maximum absolute atomic E-state index is 13.0. The van der Waals surface area contributed by atoms with Crippen LogP contribution in [0.3, 0.4) is 0 Å². The fourth-order valence-electron chi connectivity index (χ4n) is 3.06. The Bertz CT molecular complexity index is 792. The lowest BCUT2D eigenvalue weighted by atomic mass is 10.1. The van der Waals surface area contributed by atoms with Gasteiger partial charge in [0.15, 0.2) is 0 Å². The van der Waals surface area contributed by atoms with Crippen molar-refractivity contribution in [1.29, 1.82) is 0 Å². The smallest absolute Gasteiger partial charge is 0.255 e. The first-order chi connectivity index (χ1) is 12.6. The summed E-state index contributed by atoms with van der Waals surface area (Å²) in [4.78, 5) is 26.3. The van der Waals surface area contributed by atoms with Crippen molar-refractivity contribution in [1.82, 2.24) is 5.32 Å². The highest BCUT2D eigenvalue weighted by molar-refractivity contribution is 5.97. The third-order valence-corrected chi connectivity index (χ3v) is 4.33. The molecule has 1 fully saturated rings. The molecule has 3 rings (SSSR count). The van der Waals surface area contributed by atoms with Crippen LogP contribution in [0.15, 0.2) is 48.5 Å². The van der Waals surface area contributed by atoms with Gasteiger partial charge in [0.05, 0.1) is 12.2 Å². The van der Waals surface area contributed by atoms with Crippen LogP contribution in [0.5, 0.6) is 5.75 Å². The third-order valence-electron chi connectivity index (χ3n) is 4.33. The minimum atomic E-state index is -0.336. The first-order valence-electron chi connectivity index (χ1n) is 8.64. The number of benzene rings is 2. The van der Waals surface area contributed by atoms with E-state index in [-0.39, 0.29) is 23.5 Å². The van der Waals surface area contributed by atoms with Crippen molar-refractivity contribution in [3.8, 4) is 5.75 Å². The average molecular weight is 356 g/mol. The molecule has 1 heterocycles. The monoisotopic (exact) mass is 356 g/mol. The van der Waals surface area contributed by atoms with Crippen molar-refractivity contribution < 1.29 is 18.7 Å². The molecule has 1 saturated heterocycles. The van der Waals surface area contributed by atoms with Gasteiger partial charge in [-0.25, -0.2) is 4.39 Å². The van der Waals surface area contributed by atoms with E-state index in [0.717, 1.165) is 0 Å². The second kappa shape index (κ2) is 7.99. The molecule has 2 aromatic carbocycles. The van der Waals surface area contributed by atoms with Crippen molar-refractivity contribution in [3.05, 3.63) is 59.9 Å². The van der Waals surface area contributed by atoms with Crippen LogP contribution in [0.25, 0.3) is 0 Å².